The van der Waals surface area contributed by atoms with Crippen molar-refractivity contribution in [2.24, 2.45) is 5.41 Å². The van der Waals surface area contributed by atoms with Gasteiger partial charge in [0.2, 0.25) is 0 Å². The summed E-state index contributed by atoms with van der Waals surface area (Å²) < 4.78 is 0. The molecule has 2 N–H and O–H groups in total. The number of benzene rings is 1. The molecule has 1 aromatic carbocycles. The first-order valence-corrected chi connectivity index (χ1v) is 6.23. The number of hydrogen-bond donors (Lipinski definition) is 2. The number of nitro benzene ring substituents is 1. The number of para-hydroxylation sites is 1. The predicted octanol–water partition coefficient (Wildman–Crippen LogP) is 2.82. The molecule has 18 heavy (non-hydrogen) atoms. The first-order valence-electron chi connectivity index (χ1n) is 5.86. The van der Waals surface area contributed by atoms with Crippen molar-refractivity contribution in [2.75, 3.05) is 18.5 Å². The maximum Gasteiger partial charge on any atom is 0.293 e. The maximum absolute atomic E-state index is 10.9. The molecule has 1 aliphatic carbocycles. The van der Waals surface area contributed by atoms with E-state index in [1.807, 2.05) is 0 Å². The van der Waals surface area contributed by atoms with Gasteiger partial charge in [0, 0.05) is 19.2 Å². The summed E-state index contributed by atoms with van der Waals surface area (Å²) in [5, 5.41) is 23.3. The Bertz CT molecular complexity index is 461. The van der Waals surface area contributed by atoms with E-state index in [0.717, 1.165) is 19.3 Å². The van der Waals surface area contributed by atoms with Gasteiger partial charge in [-0.25, -0.2) is 0 Å². The van der Waals surface area contributed by atoms with Crippen molar-refractivity contribution in [1.29, 1.82) is 0 Å². The van der Waals surface area contributed by atoms with Gasteiger partial charge in [-0.15, -0.1) is 0 Å². The molecule has 0 unspecified atom stereocenters. The summed E-state index contributed by atoms with van der Waals surface area (Å²) in [6.07, 6.45) is 2.80. The second-order valence-corrected chi connectivity index (χ2v) is 5.13. The smallest absolute Gasteiger partial charge is 0.293 e. The van der Waals surface area contributed by atoms with E-state index in [2.05, 4.69) is 5.32 Å². The van der Waals surface area contributed by atoms with Gasteiger partial charge in [0.05, 0.1) is 9.95 Å². The zero-order valence-electron chi connectivity index (χ0n) is 9.86. The molecule has 0 aromatic heterocycles. The van der Waals surface area contributed by atoms with Crippen LogP contribution >= 0.6 is 11.6 Å². The summed E-state index contributed by atoms with van der Waals surface area (Å²) in [5.74, 6) is 0. The molecule has 0 bridgehead atoms. The standard InChI is InChI=1S/C12H15ClN2O3/c13-9-2-1-3-10(15(17)18)11(9)14-8-12(4-5-12)6-7-16/h1-3,14,16H,4-8H2. The highest BCUT2D eigenvalue weighted by atomic mass is 35.5. The largest absolute Gasteiger partial charge is 0.396 e. The number of halogens is 1. The Morgan fingerprint density at radius 2 is 2.22 bits per heavy atom. The van der Waals surface area contributed by atoms with Crippen LogP contribution in [0.25, 0.3) is 0 Å². The number of nitrogens with zero attached hydrogens (tertiary/aromatic N) is 1. The number of hydrogen-bond acceptors (Lipinski definition) is 4. The van der Waals surface area contributed by atoms with Crippen LogP contribution in [0.5, 0.6) is 0 Å². The topological polar surface area (TPSA) is 75.4 Å². The summed E-state index contributed by atoms with van der Waals surface area (Å²) in [4.78, 5) is 10.5. The van der Waals surface area contributed by atoms with Gasteiger partial charge in [0.1, 0.15) is 5.69 Å². The Hall–Kier alpha value is -1.33. The minimum absolute atomic E-state index is 0.0118. The SMILES string of the molecule is O=[N+]([O-])c1cccc(Cl)c1NCC1(CCO)CC1. The number of nitro groups is 1. The fourth-order valence-electron chi connectivity index (χ4n) is 2.04. The van der Waals surface area contributed by atoms with Crippen LogP contribution in [-0.4, -0.2) is 23.2 Å². The van der Waals surface area contributed by atoms with Crippen molar-refractivity contribution in [1.82, 2.24) is 0 Å². The molecule has 5 nitrogen and oxygen atoms in total. The molecule has 1 aromatic rings. The van der Waals surface area contributed by atoms with Gasteiger partial charge >= 0.3 is 0 Å². The molecule has 0 saturated heterocycles. The van der Waals surface area contributed by atoms with Crippen LogP contribution in [0, 0.1) is 15.5 Å². The molecule has 1 aliphatic rings. The predicted molar refractivity (Wildman–Crippen MR) is 70.0 cm³/mol. The van der Waals surface area contributed by atoms with Gasteiger partial charge in [0.25, 0.3) is 5.69 Å². The highest BCUT2D eigenvalue weighted by Crippen LogP contribution is 2.49. The molecule has 1 saturated carbocycles. The lowest BCUT2D eigenvalue weighted by Crippen LogP contribution is -2.17. The van der Waals surface area contributed by atoms with E-state index in [1.165, 1.54) is 6.07 Å². The van der Waals surface area contributed by atoms with Crippen molar-refractivity contribution >= 4 is 23.0 Å². The van der Waals surface area contributed by atoms with Gasteiger partial charge in [-0.3, -0.25) is 10.1 Å². The molecule has 0 radical (unpaired) electrons. The summed E-state index contributed by atoms with van der Waals surface area (Å²) in [6.45, 7) is 0.754. The van der Waals surface area contributed by atoms with E-state index < -0.39 is 4.92 Å². The molecule has 0 atom stereocenters. The molecular weight excluding hydrogens is 256 g/mol. The molecular formula is C12H15ClN2O3. The Morgan fingerprint density at radius 1 is 1.50 bits per heavy atom. The second kappa shape index (κ2) is 5.12. The number of anilines is 1. The van der Waals surface area contributed by atoms with Crippen LogP contribution in [0.1, 0.15) is 19.3 Å². The summed E-state index contributed by atoms with van der Waals surface area (Å²) in [7, 11) is 0. The van der Waals surface area contributed by atoms with Gasteiger partial charge < -0.3 is 10.4 Å². The molecule has 0 amide bonds. The van der Waals surface area contributed by atoms with E-state index in [0.29, 0.717) is 17.3 Å². The lowest BCUT2D eigenvalue weighted by molar-refractivity contribution is -0.383. The first kappa shape index (κ1) is 13.1. The van der Waals surface area contributed by atoms with E-state index in [1.54, 1.807) is 12.1 Å². The lowest BCUT2D eigenvalue weighted by atomic mass is 10.0. The van der Waals surface area contributed by atoms with Crippen LogP contribution in [0.2, 0.25) is 5.02 Å². The van der Waals surface area contributed by atoms with Crippen LogP contribution in [-0.2, 0) is 0 Å². The van der Waals surface area contributed by atoms with Crippen LogP contribution in [0.15, 0.2) is 18.2 Å². The fourth-order valence-corrected chi connectivity index (χ4v) is 2.28. The third-order valence-electron chi connectivity index (χ3n) is 3.43. The zero-order valence-corrected chi connectivity index (χ0v) is 10.6. The minimum atomic E-state index is -0.445. The highest BCUT2D eigenvalue weighted by Gasteiger charge is 2.41. The number of rotatable bonds is 6. The Morgan fingerprint density at radius 3 is 2.78 bits per heavy atom. The molecule has 1 fully saturated rings. The zero-order chi connectivity index (χ0) is 13.2. The molecule has 0 spiro atoms. The summed E-state index contributed by atoms with van der Waals surface area (Å²) in [6, 6.07) is 4.62. The molecule has 6 heteroatoms. The lowest BCUT2D eigenvalue weighted by Gasteiger charge is -2.16. The van der Waals surface area contributed by atoms with E-state index in [9.17, 15) is 10.1 Å². The van der Waals surface area contributed by atoms with Crippen molar-refractivity contribution in [3.05, 3.63) is 33.3 Å². The molecule has 0 heterocycles. The van der Waals surface area contributed by atoms with Crippen molar-refractivity contribution in [3.8, 4) is 0 Å². The van der Waals surface area contributed by atoms with Crippen LogP contribution in [0.4, 0.5) is 11.4 Å². The second-order valence-electron chi connectivity index (χ2n) is 4.72. The van der Waals surface area contributed by atoms with Crippen molar-refractivity contribution < 1.29 is 10.0 Å². The molecule has 2 rings (SSSR count). The Labute approximate surface area is 110 Å². The quantitative estimate of drug-likeness (QED) is 0.616. The third kappa shape index (κ3) is 2.73. The average Bonchev–Trinajstić information content (AvgIpc) is 3.08. The van der Waals surface area contributed by atoms with Crippen LogP contribution < -0.4 is 5.32 Å². The van der Waals surface area contributed by atoms with E-state index in [4.69, 9.17) is 16.7 Å². The summed E-state index contributed by atoms with van der Waals surface area (Å²) >= 11 is 5.98. The monoisotopic (exact) mass is 270 g/mol. The molecule has 0 aliphatic heterocycles. The molecule has 98 valence electrons. The number of aliphatic hydroxyl groups excluding tert-OH is 1. The van der Waals surface area contributed by atoms with Gasteiger partial charge in [0.15, 0.2) is 0 Å². The average molecular weight is 271 g/mol. The van der Waals surface area contributed by atoms with Gasteiger partial charge in [-0.2, -0.15) is 0 Å². The Balaban J connectivity index is 2.11. The van der Waals surface area contributed by atoms with Crippen LogP contribution in [0.3, 0.4) is 0 Å². The number of aliphatic hydroxyl groups is 1. The first-order chi connectivity index (χ1) is 8.58. The fraction of sp³-hybridized carbons (Fsp3) is 0.500. The summed E-state index contributed by atoms with van der Waals surface area (Å²) in [5.41, 5.74) is 0.442. The number of nitrogens with one attached hydrogen (secondary N) is 1. The highest BCUT2D eigenvalue weighted by molar-refractivity contribution is 6.33. The normalized spacial score (nSPS) is 16.3. The van der Waals surface area contributed by atoms with Crippen molar-refractivity contribution in [2.45, 2.75) is 19.3 Å². The minimum Gasteiger partial charge on any atom is -0.396 e. The van der Waals surface area contributed by atoms with E-state index in [-0.39, 0.29) is 17.7 Å². The third-order valence-corrected chi connectivity index (χ3v) is 3.74. The van der Waals surface area contributed by atoms with E-state index >= 15 is 0 Å². The maximum atomic E-state index is 10.9. The Kier molecular flexibility index (Phi) is 3.73. The van der Waals surface area contributed by atoms with Gasteiger partial charge in [-0.1, -0.05) is 17.7 Å². The van der Waals surface area contributed by atoms with Crippen molar-refractivity contribution in [3.63, 3.8) is 0 Å². The van der Waals surface area contributed by atoms with Gasteiger partial charge in [-0.05, 0) is 30.7 Å².